The molecule has 0 aliphatic rings. The topological polar surface area (TPSA) is 79.6 Å². The van der Waals surface area contributed by atoms with Crippen LogP contribution in [0.2, 0.25) is 5.02 Å². The maximum absolute atomic E-state index is 12.8. The molecule has 0 aromatic heterocycles. The van der Waals surface area contributed by atoms with Crippen LogP contribution in [0.25, 0.3) is 0 Å². The maximum atomic E-state index is 12.8. The standard InChI is InChI=1S/C17H15ClF2N2O4S/c1-22(27(23,24)16-8-13(18)5-4-12(16)9-21)10-11-3-6-14(25-2)15(7-11)26-17(19)20/h3-8,17H,10H2,1-2H3. The van der Waals surface area contributed by atoms with E-state index >= 15 is 0 Å². The van der Waals surface area contributed by atoms with E-state index in [0.717, 1.165) is 4.31 Å². The quantitative estimate of drug-likeness (QED) is 0.688. The SMILES string of the molecule is COc1ccc(CN(C)S(=O)(=O)c2cc(Cl)ccc2C#N)cc1OC(F)F. The van der Waals surface area contributed by atoms with Crippen LogP contribution < -0.4 is 9.47 Å². The summed E-state index contributed by atoms with van der Waals surface area (Å²) in [6.07, 6.45) is 0. The molecular formula is C17H15ClF2N2O4S. The number of sulfonamides is 1. The van der Waals surface area contributed by atoms with E-state index in [9.17, 15) is 17.2 Å². The highest BCUT2D eigenvalue weighted by atomic mass is 35.5. The molecule has 27 heavy (non-hydrogen) atoms. The Morgan fingerprint density at radius 1 is 1.22 bits per heavy atom. The van der Waals surface area contributed by atoms with Gasteiger partial charge in [0.2, 0.25) is 10.0 Å². The number of nitriles is 1. The number of benzene rings is 2. The van der Waals surface area contributed by atoms with Crippen molar-refractivity contribution in [2.75, 3.05) is 14.2 Å². The summed E-state index contributed by atoms with van der Waals surface area (Å²) >= 11 is 5.85. The van der Waals surface area contributed by atoms with E-state index in [2.05, 4.69) is 4.74 Å². The second-order valence-electron chi connectivity index (χ2n) is 5.38. The third kappa shape index (κ3) is 4.86. The van der Waals surface area contributed by atoms with Crippen molar-refractivity contribution in [3.63, 3.8) is 0 Å². The molecule has 0 fully saturated rings. The van der Waals surface area contributed by atoms with Gasteiger partial charge in [0.05, 0.1) is 12.7 Å². The summed E-state index contributed by atoms with van der Waals surface area (Å²) < 4.78 is 61.0. The first-order valence-electron chi connectivity index (χ1n) is 7.46. The van der Waals surface area contributed by atoms with Crippen LogP contribution in [0.1, 0.15) is 11.1 Å². The van der Waals surface area contributed by atoms with Crippen LogP contribution in [0.15, 0.2) is 41.3 Å². The third-order valence-corrected chi connectivity index (χ3v) is 5.68. The highest BCUT2D eigenvalue weighted by molar-refractivity contribution is 7.89. The maximum Gasteiger partial charge on any atom is 0.387 e. The van der Waals surface area contributed by atoms with Crippen LogP contribution in [-0.2, 0) is 16.6 Å². The number of halogens is 3. The van der Waals surface area contributed by atoms with Gasteiger partial charge in [0.1, 0.15) is 11.0 Å². The third-order valence-electron chi connectivity index (χ3n) is 3.60. The summed E-state index contributed by atoms with van der Waals surface area (Å²) in [6, 6.07) is 9.90. The molecule has 2 rings (SSSR count). The zero-order chi connectivity index (χ0) is 20.2. The van der Waals surface area contributed by atoms with Crippen LogP contribution in [-0.4, -0.2) is 33.5 Å². The number of nitrogens with zero attached hydrogens (tertiary/aromatic N) is 2. The van der Waals surface area contributed by atoms with Gasteiger partial charge in [-0.15, -0.1) is 0 Å². The average Bonchev–Trinajstić information content (AvgIpc) is 2.61. The molecule has 0 aliphatic heterocycles. The molecule has 0 amide bonds. The molecule has 0 unspecified atom stereocenters. The summed E-state index contributed by atoms with van der Waals surface area (Å²) in [6.45, 7) is -3.20. The fourth-order valence-electron chi connectivity index (χ4n) is 2.32. The monoisotopic (exact) mass is 416 g/mol. The first-order valence-corrected chi connectivity index (χ1v) is 9.28. The Bertz CT molecular complexity index is 977. The number of alkyl halides is 2. The van der Waals surface area contributed by atoms with Crippen molar-refractivity contribution in [2.24, 2.45) is 0 Å². The Morgan fingerprint density at radius 3 is 2.52 bits per heavy atom. The summed E-state index contributed by atoms with van der Waals surface area (Å²) in [7, 11) is -1.45. The first-order chi connectivity index (χ1) is 12.7. The first kappa shape index (κ1) is 20.9. The highest BCUT2D eigenvalue weighted by Crippen LogP contribution is 2.31. The minimum Gasteiger partial charge on any atom is -0.493 e. The number of hydrogen-bond acceptors (Lipinski definition) is 5. The number of ether oxygens (including phenoxy) is 2. The minimum absolute atomic E-state index is 0.0531. The molecule has 0 saturated heterocycles. The molecule has 0 N–H and O–H groups in total. The van der Waals surface area contributed by atoms with E-state index < -0.39 is 16.6 Å². The van der Waals surface area contributed by atoms with Gasteiger partial charge in [-0.25, -0.2) is 8.42 Å². The van der Waals surface area contributed by atoms with Gasteiger partial charge in [-0.3, -0.25) is 0 Å². The molecule has 144 valence electrons. The van der Waals surface area contributed by atoms with Gasteiger partial charge in [-0.2, -0.15) is 18.3 Å². The minimum atomic E-state index is -4.05. The lowest BCUT2D eigenvalue weighted by Gasteiger charge is -2.19. The molecule has 0 saturated carbocycles. The Balaban J connectivity index is 2.35. The molecule has 0 atom stereocenters. The lowest BCUT2D eigenvalue weighted by atomic mass is 10.2. The van der Waals surface area contributed by atoms with Crippen molar-refractivity contribution in [1.82, 2.24) is 4.31 Å². The molecule has 10 heteroatoms. The van der Waals surface area contributed by atoms with E-state index in [-0.39, 0.29) is 33.5 Å². The number of methoxy groups -OCH3 is 1. The van der Waals surface area contributed by atoms with Crippen molar-refractivity contribution in [3.05, 3.63) is 52.5 Å². The van der Waals surface area contributed by atoms with E-state index in [0.29, 0.717) is 5.56 Å². The van der Waals surface area contributed by atoms with Crippen molar-refractivity contribution >= 4 is 21.6 Å². The van der Waals surface area contributed by atoms with E-state index in [4.69, 9.17) is 21.6 Å². The Kier molecular flexibility index (Phi) is 6.59. The second-order valence-corrected chi connectivity index (χ2v) is 7.83. The fourth-order valence-corrected chi connectivity index (χ4v) is 3.88. The van der Waals surface area contributed by atoms with Gasteiger partial charge in [0, 0.05) is 18.6 Å². The lowest BCUT2D eigenvalue weighted by Crippen LogP contribution is -2.27. The predicted molar refractivity (Wildman–Crippen MR) is 94.4 cm³/mol. The summed E-state index contributed by atoms with van der Waals surface area (Å²) in [5.41, 5.74) is 0.334. The van der Waals surface area contributed by atoms with Crippen LogP contribution in [0.5, 0.6) is 11.5 Å². The van der Waals surface area contributed by atoms with Crippen LogP contribution in [0, 0.1) is 11.3 Å². The number of rotatable bonds is 7. The van der Waals surface area contributed by atoms with Crippen LogP contribution in [0.3, 0.4) is 0 Å². The Hall–Kier alpha value is -2.41. The van der Waals surface area contributed by atoms with Crippen molar-refractivity contribution in [1.29, 1.82) is 5.26 Å². The van der Waals surface area contributed by atoms with E-state index in [1.807, 2.05) is 6.07 Å². The fraction of sp³-hybridized carbons (Fsp3) is 0.235. The van der Waals surface area contributed by atoms with Gasteiger partial charge in [-0.05, 0) is 35.9 Å². The summed E-state index contributed by atoms with van der Waals surface area (Å²) in [5.74, 6) is -0.123. The van der Waals surface area contributed by atoms with Crippen LogP contribution >= 0.6 is 11.6 Å². The van der Waals surface area contributed by atoms with Gasteiger partial charge in [0.15, 0.2) is 11.5 Å². The molecule has 0 bridgehead atoms. The van der Waals surface area contributed by atoms with E-state index in [1.54, 1.807) is 0 Å². The normalized spacial score (nSPS) is 11.5. The van der Waals surface area contributed by atoms with E-state index in [1.165, 1.54) is 50.6 Å². The largest absolute Gasteiger partial charge is 0.493 e. The molecule has 6 nitrogen and oxygen atoms in total. The average molecular weight is 417 g/mol. The van der Waals surface area contributed by atoms with Gasteiger partial charge < -0.3 is 9.47 Å². The predicted octanol–water partition coefficient (Wildman–Crippen LogP) is 3.64. The van der Waals surface area contributed by atoms with Crippen molar-refractivity contribution in [2.45, 2.75) is 18.1 Å². The molecule has 0 aliphatic carbocycles. The lowest BCUT2D eigenvalue weighted by molar-refractivity contribution is -0.0512. The van der Waals surface area contributed by atoms with Gasteiger partial charge >= 0.3 is 6.61 Å². The number of hydrogen-bond donors (Lipinski definition) is 0. The molecule has 0 spiro atoms. The zero-order valence-corrected chi connectivity index (χ0v) is 15.9. The zero-order valence-electron chi connectivity index (χ0n) is 14.3. The Labute approximate surface area is 160 Å². The Morgan fingerprint density at radius 2 is 1.93 bits per heavy atom. The van der Waals surface area contributed by atoms with Crippen molar-refractivity contribution < 1.29 is 26.7 Å². The molecule has 2 aromatic carbocycles. The second kappa shape index (κ2) is 8.52. The van der Waals surface area contributed by atoms with Crippen LogP contribution in [0.4, 0.5) is 8.78 Å². The molecule has 0 radical (unpaired) electrons. The van der Waals surface area contributed by atoms with Gasteiger partial charge in [0.25, 0.3) is 0 Å². The molecule has 0 heterocycles. The summed E-state index contributed by atoms with van der Waals surface area (Å²) in [4.78, 5) is -0.238. The van der Waals surface area contributed by atoms with Gasteiger partial charge in [-0.1, -0.05) is 17.7 Å². The molecule has 2 aromatic rings. The van der Waals surface area contributed by atoms with Crippen molar-refractivity contribution in [3.8, 4) is 17.6 Å². The molecular weight excluding hydrogens is 402 g/mol. The highest BCUT2D eigenvalue weighted by Gasteiger charge is 2.25. The smallest absolute Gasteiger partial charge is 0.387 e. The summed E-state index contributed by atoms with van der Waals surface area (Å²) in [5, 5.41) is 9.31.